The molecule has 1 aromatic carbocycles. The molecule has 0 unspecified atom stereocenters. The van der Waals surface area contributed by atoms with Crippen molar-refractivity contribution in [3.8, 4) is 5.75 Å². The molecule has 3 aromatic rings. The lowest BCUT2D eigenvalue weighted by Crippen LogP contribution is -1.97. The molecule has 0 radical (unpaired) electrons. The quantitative estimate of drug-likeness (QED) is 0.776. The van der Waals surface area contributed by atoms with Crippen molar-refractivity contribution in [2.24, 2.45) is 5.73 Å². The molecule has 0 aliphatic rings. The van der Waals surface area contributed by atoms with Crippen LogP contribution in [0.25, 0.3) is 5.65 Å². The second kappa shape index (κ2) is 5.12. The predicted octanol–water partition coefficient (Wildman–Crippen LogP) is 2.37. The monoisotopic (exact) mass is 253 g/mol. The van der Waals surface area contributed by atoms with Gasteiger partial charge in [0.2, 0.25) is 0 Å². The van der Waals surface area contributed by atoms with E-state index in [2.05, 4.69) is 4.98 Å². The minimum atomic E-state index is 0.430. The number of benzene rings is 1. The first-order valence-corrected chi connectivity index (χ1v) is 6.20. The summed E-state index contributed by atoms with van der Waals surface area (Å²) in [5, 5.41) is 0. The molecule has 3 rings (SSSR count). The molecule has 0 saturated carbocycles. The van der Waals surface area contributed by atoms with Crippen molar-refractivity contribution in [3.63, 3.8) is 0 Å². The summed E-state index contributed by atoms with van der Waals surface area (Å²) in [4.78, 5) is 4.46. The Morgan fingerprint density at radius 2 is 1.95 bits per heavy atom. The van der Waals surface area contributed by atoms with E-state index in [1.54, 1.807) is 0 Å². The maximum atomic E-state index is 5.84. The molecule has 0 amide bonds. The molecule has 0 spiro atoms. The Hall–Kier alpha value is -2.33. The van der Waals surface area contributed by atoms with Crippen molar-refractivity contribution in [2.75, 3.05) is 0 Å². The normalized spacial score (nSPS) is 10.8. The Kier molecular flexibility index (Phi) is 3.16. The third-order valence-electron chi connectivity index (χ3n) is 2.94. The Labute approximate surface area is 111 Å². The standard InChI is InChI=1S/C15H15N3O/c16-9-13-10-18-8-4-7-14(15(18)17-13)19-11-12-5-2-1-3-6-12/h1-8,10H,9,11,16H2. The molecule has 0 aliphatic carbocycles. The van der Waals surface area contributed by atoms with Crippen LogP contribution in [0.3, 0.4) is 0 Å². The molecular weight excluding hydrogens is 238 g/mol. The predicted molar refractivity (Wildman–Crippen MR) is 73.9 cm³/mol. The van der Waals surface area contributed by atoms with Crippen LogP contribution < -0.4 is 10.5 Å². The van der Waals surface area contributed by atoms with Crippen LogP contribution in [0.1, 0.15) is 11.3 Å². The van der Waals surface area contributed by atoms with E-state index in [9.17, 15) is 0 Å². The number of hydrogen-bond donors (Lipinski definition) is 1. The maximum absolute atomic E-state index is 5.84. The number of imidazole rings is 1. The largest absolute Gasteiger partial charge is 0.485 e. The van der Waals surface area contributed by atoms with Crippen LogP contribution >= 0.6 is 0 Å². The SMILES string of the molecule is NCc1cn2cccc(OCc3ccccc3)c2n1. The molecule has 0 fully saturated rings. The van der Waals surface area contributed by atoms with Gasteiger partial charge in [-0.2, -0.15) is 0 Å². The van der Waals surface area contributed by atoms with Crippen LogP contribution in [0.4, 0.5) is 0 Å². The zero-order valence-electron chi connectivity index (χ0n) is 10.5. The molecule has 2 heterocycles. The molecule has 2 aromatic heterocycles. The summed E-state index contributed by atoms with van der Waals surface area (Å²) in [6, 6.07) is 13.9. The summed E-state index contributed by atoms with van der Waals surface area (Å²) < 4.78 is 7.77. The zero-order chi connectivity index (χ0) is 13.1. The third-order valence-corrected chi connectivity index (χ3v) is 2.94. The maximum Gasteiger partial charge on any atom is 0.179 e. The van der Waals surface area contributed by atoms with Crippen LogP contribution in [-0.4, -0.2) is 9.38 Å². The van der Waals surface area contributed by atoms with Gasteiger partial charge in [0.1, 0.15) is 6.61 Å². The van der Waals surface area contributed by atoms with E-state index in [0.29, 0.717) is 13.2 Å². The summed E-state index contributed by atoms with van der Waals surface area (Å²) in [6.07, 6.45) is 3.86. The molecule has 4 heteroatoms. The average molecular weight is 253 g/mol. The van der Waals surface area contributed by atoms with Crippen molar-refractivity contribution in [1.82, 2.24) is 9.38 Å². The van der Waals surface area contributed by atoms with Gasteiger partial charge in [0.05, 0.1) is 5.69 Å². The van der Waals surface area contributed by atoms with Crippen molar-refractivity contribution < 1.29 is 4.74 Å². The first-order chi connectivity index (χ1) is 9.36. The molecule has 0 aliphatic heterocycles. The number of fused-ring (bicyclic) bond motifs is 1. The Bertz CT molecular complexity index is 676. The summed E-state index contributed by atoms with van der Waals surface area (Å²) in [5.41, 5.74) is 8.41. The van der Waals surface area contributed by atoms with Gasteiger partial charge in [-0.05, 0) is 17.7 Å². The van der Waals surface area contributed by atoms with Gasteiger partial charge < -0.3 is 14.9 Å². The van der Waals surface area contributed by atoms with E-state index in [4.69, 9.17) is 10.5 Å². The average Bonchev–Trinajstić information content (AvgIpc) is 2.90. The highest BCUT2D eigenvalue weighted by molar-refractivity contribution is 5.54. The van der Waals surface area contributed by atoms with E-state index in [-0.39, 0.29) is 0 Å². The van der Waals surface area contributed by atoms with Crippen molar-refractivity contribution in [1.29, 1.82) is 0 Å². The number of rotatable bonds is 4. The summed E-state index contributed by atoms with van der Waals surface area (Å²) in [5.74, 6) is 0.769. The second-order valence-electron chi connectivity index (χ2n) is 4.31. The lowest BCUT2D eigenvalue weighted by atomic mass is 10.2. The van der Waals surface area contributed by atoms with Crippen LogP contribution in [0.5, 0.6) is 5.75 Å². The van der Waals surface area contributed by atoms with Crippen molar-refractivity contribution in [2.45, 2.75) is 13.2 Å². The van der Waals surface area contributed by atoms with E-state index in [0.717, 1.165) is 22.7 Å². The van der Waals surface area contributed by atoms with Gasteiger partial charge in [0, 0.05) is 18.9 Å². The van der Waals surface area contributed by atoms with Crippen molar-refractivity contribution in [3.05, 3.63) is 66.1 Å². The van der Waals surface area contributed by atoms with E-state index < -0.39 is 0 Å². The summed E-state index contributed by atoms with van der Waals surface area (Å²) >= 11 is 0. The van der Waals surface area contributed by atoms with Gasteiger partial charge in [0.25, 0.3) is 0 Å². The van der Waals surface area contributed by atoms with Crippen LogP contribution in [0.15, 0.2) is 54.9 Å². The molecule has 96 valence electrons. The number of hydrogen-bond acceptors (Lipinski definition) is 3. The fraction of sp³-hybridized carbons (Fsp3) is 0.133. The van der Waals surface area contributed by atoms with Gasteiger partial charge in [-0.3, -0.25) is 0 Å². The van der Waals surface area contributed by atoms with E-state index in [1.807, 2.05) is 59.3 Å². The van der Waals surface area contributed by atoms with Crippen LogP contribution in [-0.2, 0) is 13.2 Å². The summed E-state index contributed by atoms with van der Waals surface area (Å²) in [7, 11) is 0. The number of pyridine rings is 1. The first kappa shape index (κ1) is 11.7. The lowest BCUT2D eigenvalue weighted by Gasteiger charge is -2.07. The molecule has 0 bridgehead atoms. The Balaban J connectivity index is 1.86. The highest BCUT2D eigenvalue weighted by Gasteiger charge is 2.06. The van der Waals surface area contributed by atoms with Crippen LogP contribution in [0, 0.1) is 0 Å². The first-order valence-electron chi connectivity index (χ1n) is 6.20. The number of ether oxygens (including phenoxy) is 1. The van der Waals surface area contributed by atoms with Gasteiger partial charge in [-0.15, -0.1) is 0 Å². The minimum absolute atomic E-state index is 0.430. The lowest BCUT2D eigenvalue weighted by molar-refractivity contribution is 0.308. The smallest absolute Gasteiger partial charge is 0.179 e. The molecule has 4 nitrogen and oxygen atoms in total. The van der Waals surface area contributed by atoms with Gasteiger partial charge in [-0.25, -0.2) is 4.98 Å². The highest BCUT2D eigenvalue weighted by atomic mass is 16.5. The fourth-order valence-corrected chi connectivity index (χ4v) is 1.98. The Morgan fingerprint density at radius 1 is 1.11 bits per heavy atom. The highest BCUT2D eigenvalue weighted by Crippen LogP contribution is 2.20. The zero-order valence-corrected chi connectivity index (χ0v) is 10.5. The fourth-order valence-electron chi connectivity index (χ4n) is 1.98. The molecule has 19 heavy (non-hydrogen) atoms. The molecule has 0 atom stereocenters. The van der Waals surface area contributed by atoms with Crippen molar-refractivity contribution >= 4 is 5.65 Å². The third kappa shape index (κ3) is 2.44. The second-order valence-corrected chi connectivity index (χ2v) is 4.31. The molecule has 0 saturated heterocycles. The number of aromatic nitrogens is 2. The minimum Gasteiger partial charge on any atom is -0.485 e. The Morgan fingerprint density at radius 3 is 2.74 bits per heavy atom. The number of nitrogens with zero attached hydrogens (tertiary/aromatic N) is 2. The number of nitrogens with two attached hydrogens (primary N) is 1. The summed E-state index contributed by atoms with van der Waals surface area (Å²) in [6.45, 7) is 0.963. The van der Waals surface area contributed by atoms with Gasteiger partial charge in [0.15, 0.2) is 11.4 Å². The van der Waals surface area contributed by atoms with Gasteiger partial charge in [-0.1, -0.05) is 30.3 Å². The molecule has 2 N–H and O–H groups in total. The molecular formula is C15H15N3O. The van der Waals surface area contributed by atoms with Crippen LogP contribution in [0.2, 0.25) is 0 Å². The van der Waals surface area contributed by atoms with E-state index >= 15 is 0 Å². The van der Waals surface area contributed by atoms with E-state index in [1.165, 1.54) is 0 Å². The topological polar surface area (TPSA) is 52.5 Å². The van der Waals surface area contributed by atoms with Gasteiger partial charge >= 0.3 is 0 Å².